The summed E-state index contributed by atoms with van der Waals surface area (Å²) in [7, 11) is 0. The van der Waals surface area contributed by atoms with Crippen molar-refractivity contribution in [2.45, 2.75) is 12.8 Å². The lowest BCUT2D eigenvalue weighted by atomic mass is 10.0. The third-order valence-electron chi connectivity index (χ3n) is 2.94. The number of hydrogen-bond acceptors (Lipinski definition) is 3. The van der Waals surface area contributed by atoms with Gasteiger partial charge in [-0.1, -0.05) is 11.6 Å². The van der Waals surface area contributed by atoms with Crippen molar-refractivity contribution in [3.05, 3.63) is 28.8 Å². The first kappa shape index (κ1) is 12.2. The summed E-state index contributed by atoms with van der Waals surface area (Å²) in [6, 6.07) is 7.42. The van der Waals surface area contributed by atoms with Crippen LogP contribution in [-0.2, 0) is 4.74 Å². The Balaban J connectivity index is 1.98. The summed E-state index contributed by atoms with van der Waals surface area (Å²) in [4.78, 5) is 0. The van der Waals surface area contributed by atoms with Gasteiger partial charge in [0.1, 0.15) is 6.07 Å². The van der Waals surface area contributed by atoms with E-state index in [0.29, 0.717) is 16.5 Å². The molecule has 1 aliphatic heterocycles. The average Bonchev–Trinajstić information content (AvgIpc) is 2.38. The Hall–Kier alpha value is -1.24. The SMILES string of the molecule is N#Cc1ccc(Cl)cc1NCC1CCCOC1. The number of nitriles is 1. The van der Waals surface area contributed by atoms with Crippen molar-refractivity contribution >= 4 is 17.3 Å². The third-order valence-corrected chi connectivity index (χ3v) is 3.17. The first-order chi connectivity index (χ1) is 8.29. The second kappa shape index (κ2) is 5.90. The lowest BCUT2D eigenvalue weighted by Gasteiger charge is -2.23. The minimum absolute atomic E-state index is 0.522. The van der Waals surface area contributed by atoms with Gasteiger partial charge in [0, 0.05) is 18.2 Å². The summed E-state index contributed by atoms with van der Waals surface area (Å²) in [5.74, 6) is 0.522. The molecule has 1 atom stereocenters. The second-order valence-electron chi connectivity index (χ2n) is 4.27. The minimum atomic E-state index is 0.522. The van der Waals surface area contributed by atoms with E-state index in [-0.39, 0.29) is 0 Å². The fourth-order valence-electron chi connectivity index (χ4n) is 1.98. The molecule has 0 spiro atoms. The summed E-state index contributed by atoms with van der Waals surface area (Å²) in [5.41, 5.74) is 1.44. The molecule has 1 unspecified atom stereocenters. The number of ether oxygens (including phenoxy) is 1. The van der Waals surface area contributed by atoms with Crippen molar-refractivity contribution in [3.8, 4) is 6.07 Å². The molecule has 0 aromatic heterocycles. The molecule has 1 fully saturated rings. The molecule has 4 heteroatoms. The Morgan fingerprint density at radius 1 is 1.53 bits per heavy atom. The topological polar surface area (TPSA) is 45.0 Å². The molecule has 0 amide bonds. The molecular weight excluding hydrogens is 236 g/mol. The monoisotopic (exact) mass is 250 g/mol. The summed E-state index contributed by atoms with van der Waals surface area (Å²) >= 11 is 5.92. The van der Waals surface area contributed by atoms with Gasteiger partial charge in [0.2, 0.25) is 0 Å². The normalized spacial score (nSPS) is 19.6. The Morgan fingerprint density at radius 3 is 3.12 bits per heavy atom. The molecule has 1 saturated heterocycles. The molecule has 0 radical (unpaired) electrons. The molecule has 1 aromatic rings. The maximum Gasteiger partial charge on any atom is 0.101 e. The third kappa shape index (κ3) is 3.36. The molecule has 1 heterocycles. The predicted octanol–water partition coefficient (Wildman–Crippen LogP) is 3.05. The molecular formula is C13H15ClN2O. The predicted molar refractivity (Wildman–Crippen MR) is 68.2 cm³/mol. The number of halogens is 1. The fraction of sp³-hybridized carbons (Fsp3) is 0.462. The van der Waals surface area contributed by atoms with E-state index in [4.69, 9.17) is 21.6 Å². The number of rotatable bonds is 3. The number of benzene rings is 1. The number of hydrogen-bond donors (Lipinski definition) is 1. The maximum atomic E-state index is 8.99. The van der Waals surface area contributed by atoms with Crippen molar-refractivity contribution in [1.29, 1.82) is 5.26 Å². The van der Waals surface area contributed by atoms with Crippen LogP contribution in [0.25, 0.3) is 0 Å². The molecule has 3 nitrogen and oxygen atoms in total. The van der Waals surface area contributed by atoms with E-state index in [2.05, 4.69) is 11.4 Å². The van der Waals surface area contributed by atoms with E-state index in [0.717, 1.165) is 31.9 Å². The largest absolute Gasteiger partial charge is 0.384 e. The van der Waals surface area contributed by atoms with Crippen LogP contribution in [0.4, 0.5) is 5.69 Å². The van der Waals surface area contributed by atoms with Crippen LogP contribution in [0.1, 0.15) is 18.4 Å². The van der Waals surface area contributed by atoms with E-state index in [1.54, 1.807) is 18.2 Å². The maximum absolute atomic E-state index is 8.99. The highest BCUT2D eigenvalue weighted by molar-refractivity contribution is 6.30. The van der Waals surface area contributed by atoms with Crippen LogP contribution in [0.15, 0.2) is 18.2 Å². The fourth-order valence-corrected chi connectivity index (χ4v) is 2.16. The van der Waals surface area contributed by atoms with Crippen LogP contribution in [0.5, 0.6) is 0 Å². The van der Waals surface area contributed by atoms with Crippen molar-refractivity contribution < 1.29 is 4.74 Å². The number of nitrogens with one attached hydrogen (secondary N) is 1. The highest BCUT2D eigenvalue weighted by Gasteiger charge is 2.14. The first-order valence-corrected chi connectivity index (χ1v) is 6.18. The van der Waals surface area contributed by atoms with E-state index in [1.165, 1.54) is 6.42 Å². The van der Waals surface area contributed by atoms with Gasteiger partial charge in [-0.25, -0.2) is 0 Å². The Bertz CT molecular complexity index is 422. The molecule has 17 heavy (non-hydrogen) atoms. The van der Waals surface area contributed by atoms with Gasteiger partial charge in [-0.2, -0.15) is 5.26 Å². The van der Waals surface area contributed by atoms with Gasteiger partial charge in [0.25, 0.3) is 0 Å². The van der Waals surface area contributed by atoms with Crippen molar-refractivity contribution in [1.82, 2.24) is 0 Å². The highest BCUT2D eigenvalue weighted by Crippen LogP contribution is 2.22. The Kier molecular flexibility index (Phi) is 4.24. The zero-order valence-corrected chi connectivity index (χ0v) is 10.3. The lowest BCUT2D eigenvalue weighted by molar-refractivity contribution is 0.0595. The molecule has 0 saturated carbocycles. The van der Waals surface area contributed by atoms with Crippen LogP contribution >= 0.6 is 11.6 Å². The molecule has 0 aliphatic carbocycles. The smallest absolute Gasteiger partial charge is 0.101 e. The van der Waals surface area contributed by atoms with Gasteiger partial charge >= 0.3 is 0 Å². The molecule has 1 aliphatic rings. The van der Waals surface area contributed by atoms with Crippen LogP contribution in [0.2, 0.25) is 5.02 Å². The zero-order chi connectivity index (χ0) is 12.1. The second-order valence-corrected chi connectivity index (χ2v) is 4.70. The standard InChI is InChI=1S/C13H15ClN2O/c14-12-4-3-11(7-15)13(6-12)16-8-10-2-1-5-17-9-10/h3-4,6,10,16H,1-2,5,8-9H2. The van der Waals surface area contributed by atoms with E-state index in [1.807, 2.05) is 0 Å². The molecule has 2 rings (SSSR count). The van der Waals surface area contributed by atoms with Gasteiger partial charge in [-0.15, -0.1) is 0 Å². The van der Waals surface area contributed by atoms with Gasteiger partial charge < -0.3 is 10.1 Å². The Morgan fingerprint density at radius 2 is 2.41 bits per heavy atom. The van der Waals surface area contributed by atoms with Crippen molar-refractivity contribution in [3.63, 3.8) is 0 Å². The van der Waals surface area contributed by atoms with Gasteiger partial charge in [0.15, 0.2) is 0 Å². The summed E-state index contributed by atoms with van der Waals surface area (Å²) < 4.78 is 5.42. The van der Waals surface area contributed by atoms with Crippen LogP contribution < -0.4 is 5.32 Å². The molecule has 90 valence electrons. The number of anilines is 1. The van der Waals surface area contributed by atoms with Gasteiger partial charge in [-0.05, 0) is 37.0 Å². The molecule has 1 aromatic carbocycles. The van der Waals surface area contributed by atoms with Gasteiger partial charge in [0.05, 0.1) is 17.9 Å². The summed E-state index contributed by atoms with van der Waals surface area (Å²) in [6.45, 7) is 2.50. The van der Waals surface area contributed by atoms with E-state index < -0.39 is 0 Å². The lowest BCUT2D eigenvalue weighted by Crippen LogP contribution is -2.24. The molecule has 0 bridgehead atoms. The number of nitrogens with zero attached hydrogens (tertiary/aromatic N) is 1. The Labute approximate surface area is 106 Å². The van der Waals surface area contributed by atoms with Crippen LogP contribution in [0, 0.1) is 17.2 Å². The van der Waals surface area contributed by atoms with Crippen LogP contribution in [-0.4, -0.2) is 19.8 Å². The first-order valence-electron chi connectivity index (χ1n) is 5.81. The molecule has 1 N–H and O–H groups in total. The van der Waals surface area contributed by atoms with Crippen LogP contribution in [0.3, 0.4) is 0 Å². The minimum Gasteiger partial charge on any atom is -0.384 e. The average molecular weight is 251 g/mol. The van der Waals surface area contributed by atoms with Crippen molar-refractivity contribution in [2.24, 2.45) is 5.92 Å². The summed E-state index contributed by atoms with van der Waals surface area (Å²) in [6.07, 6.45) is 2.29. The highest BCUT2D eigenvalue weighted by atomic mass is 35.5. The van der Waals surface area contributed by atoms with E-state index in [9.17, 15) is 0 Å². The van der Waals surface area contributed by atoms with Gasteiger partial charge in [-0.3, -0.25) is 0 Å². The summed E-state index contributed by atoms with van der Waals surface area (Å²) in [5, 5.41) is 12.9. The quantitative estimate of drug-likeness (QED) is 0.897. The zero-order valence-electron chi connectivity index (χ0n) is 9.58. The van der Waals surface area contributed by atoms with E-state index >= 15 is 0 Å². The van der Waals surface area contributed by atoms with Crippen molar-refractivity contribution in [2.75, 3.05) is 25.1 Å².